The van der Waals surface area contributed by atoms with Gasteiger partial charge in [0.2, 0.25) is 0 Å². The van der Waals surface area contributed by atoms with E-state index in [-0.39, 0.29) is 24.5 Å². The summed E-state index contributed by atoms with van der Waals surface area (Å²) in [6.07, 6.45) is 16.4. The number of aliphatic carboxylic acids is 1. The maximum atomic E-state index is 11.6. The molecule has 8 heteroatoms. The van der Waals surface area contributed by atoms with Crippen LogP contribution in [0.4, 0.5) is 5.82 Å². The molecule has 8 nitrogen and oxygen atoms in total. The highest BCUT2D eigenvalue weighted by molar-refractivity contribution is 5.81. The average Bonchev–Trinajstić information content (AvgIpc) is 3.42. The van der Waals surface area contributed by atoms with E-state index in [4.69, 9.17) is 11.5 Å². The molecule has 3 unspecified atom stereocenters. The highest BCUT2D eigenvalue weighted by Crippen LogP contribution is 2.24. The number of nitrogens with one attached hydrogen (secondary N) is 2. The minimum atomic E-state index is -1.03. The Morgan fingerprint density at radius 2 is 1.76 bits per heavy atom. The number of carboxylic acid groups (broad SMARTS) is 1. The molecule has 0 saturated heterocycles. The first kappa shape index (κ1) is 30.4. The second-order valence-electron chi connectivity index (χ2n) is 9.79. The number of aromatic amines is 1. The lowest BCUT2D eigenvalue weighted by Gasteiger charge is -2.23. The third kappa shape index (κ3) is 12.9. The van der Waals surface area contributed by atoms with Gasteiger partial charge in [0.1, 0.15) is 12.1 Å². The lowest BCUT2D eigenvalue weighted by molar-refractivity contribution is -0.131. The molecule has 3 atom stereocenters. The number of nitrogens with two attached hydrogens (primary N) is 2. The highest BCUT2D eigenvalue weighted by atomic mass is 16.4. The van der Waals surface area contributed by atoms with Gasteiger partial charge in [0.25, 0.3) is 0 Å². The predicted octanol–water partition coefficient (Wildman–Crippen LogP) is 5.37. The number of carbonyl (C=O) groups is 2. The molecule has 1 aromatic heterocycles. The van der Waals surface area contributed by atoms with E-state index in [9.17, 15) is 14.7 Å². The van der Waals surface area contributed by atoms with Crippen LogP contribution in [0.5, 0.6) is 0 Å². The summed E-state index contributed by atoms with van der Waals surface area (Å²) in [4.78, 5) is 29.7. The molecule has 0 fully saturated rings. The van der Waals surface area contributed by atoms with Crippen LogP contribution in [0.25, 0.3) is 6.08 Å². The molecule has 206 valence electrons. The lowest BCUT2D eigenvalue weighted by Crippen LogP contribution is -2.28. The van der Waals surface area contributed by atoms with Crippen molar-refractivity contribution in [3.63, 3.8) is 0 Å². The van der Waals surface area contributed by atoms with Crippen LogP contribution in [0.1, 0.15) is 63.9 Å². The van der Waals surface area contributed by atoms with Crippen LogP contribution >= 0.6 is 0 Å². The second-order valence-corrected chi connectivity index (χ2v) is 9.79. The van der Waals surface area contributed by atoms with Crippen molar-refractivity contribution >= 4 is 30.1 Å². The molecule has 7 N–H and O–H groups in total. The standard InChI is InChI=1S/C30H43N5O3/c1-23(22-36)10-5-2-3-6-13-25(16-15-24-11-7-4-8-12-24)17-18-27(35-28-14-9-19-33-28)26(20-29(37)38)21-34-30(31)32/h4,7-9,11-12,14-16,19-20,22-23,25,27,33,35H,2-3,5-6,10,13,17-18,21H2,1H3,(H,37,38)(H4,31,32,34). The summed E-state index contributed by atoms with van der Waals surface area (Å²) in [5, 5.41) is 12.9. The number of aromatic nitrogens is 1. The van der Waals surface area contributed by atoms with E-state index in [0.717, 1.165) is 62.6 Å². The quantitative estimate of drug-likeness (QED) is 0.0552. The van der Waals surface area contributed by atoms with Crippen molar-refractivity contribution in [1.29, 1.82) is 0 Å². The Labute approximate surface area is 226 Å². The van der Waals surface area contributed by atoms with Crippen LogP contribution in [0.15, 0.2) is 71.4 Å². The number of hydrogen-bond donors (Lipinski definition) is 5. The van der Waals surface area contributed by atoms with E-state index in [1.165, 1.54) is 6.08 Å². The molecule has 0 aliphatic carbocycles. The number of anilines is 1. The zero-order valence-electron chi connectivity index (χ0n) is 22.4. The first-order valence-corrected chi connectivity index (χ1v) is 13.4. The Morgan fingerprint density at radius 1 is 1.03 bits per heavy atom. The molecule has 2 aromatic rings. The topological polar surface area (TPSA) is 147 Å². The molecule has 0 saturated carbocycles. The van der Waals surface area contributed by atoms with Crippen LogP contribution in [0, 0.1) is 11.8 Å². The van der Waals surface area contributed by atoms with Gasteiger partial charge in [0.15, 0.2) is 5.96 Å². The first-order valence-electron chi connectivity index (χ1n) is 13.4. The lowest BCUT2D eigenvalue weighted by atomic mass is 9.90. The predicted molar refractivity (Wildman–Crippen MR) is 156 cm³/mol. The smallest absolute Gasteiger partial charge is 0.328 e. The van der Waals surface area contributed by atoms with Crippen LogP contribution < -0.4 is 16.8 Å². The molecule has 0 amide bonds. The van der Waals surface area contributed by atoms with Crippen LogP contribution in [-0.4, -0.2) is 40.9 Å². The van der Waals surface area contributed by atoms with Gasteiger partial charge in [-0.3, -0.25) is 0 Å². The van der Waals surface area contributed by atoms with Crippen LogP contribution in [-0.2, 0) is 9.59 Å². The van der Waals surface area contributed by atoms with Gasteiger partial charge in [-0.05, 0) is 54.9 Å². The number of hydrogen-bond acceptors (Lipinski definition) is 4. The van der Waals surface area contributed by atoms with Gasteiger partial charge in [-0.15, -0.1) is 0 Å². The number of aldehydes is 1. The molecule has 0 aliphatic rings. The van der Waals surface area contributed by atoms with E-state index in [0.29, 0.717) is 17.9 Å². The van der Waals surface area contributed by atoms with Crippen molar-refractivity contribution in [3.05, 3.63) is 72.0 Å². The maximum Gasteiger partial charge on any atom is 0.328 e. The fourth-order valence-electron chi connectivity index (χ4n) is 4.38. The SMILES string of the molecule is CC(C=O)CCCCCCC(C=Cc1ccccc1)CCC(Nc1ccc[nH]1)C(=CC(=O)O)CN=C(N)N. The van der Waals surface area contributed by atoms with Gasteiger partial charge in [0, 0.05) is 18.2 Å². The number of aliphatic imine (C=N–C) groups is 1. The normalized spacial score (nSPS) is 14.1. The second kappa shape index (κ2) is 17.6. The summed E-state index contributed by atoms with van der Waals surface area (Å²) in [5.41, 5.74) is 12.8. The van der Waals surface area contributed by atoms with E-state index >= 15 is 0 Å². The number of rotatable bonds is 19. The fourth-order valence-corrected chi connectivity index (χ4v) is 4.38. The number of allylic oxidation sites excluding steroid dienone is 1. The number of benzene rings is 1. The van der Waals surface area contributed by atoms with Crippen molar-refractivity contribution in [1.82, 2.24) is 4.98 Å². The Balaban J connectivity index is 2.12. The molecule has 0 radical (unpaired) electrons. The van der Waals surface area contributed by atoms with Crippen LogP contribution in [0.2, 0.25) is 0 Å². The van der Waals surface area contributed by atoms with Gasteiger partial charge in [-0.25, -0.2) is 9.79 Å². The van der Waals surface area contributed by atoms with Gasteiger partial charge >= 0.3 is 5.97 Å². The van der Waals surface area contributed by atoms with E-state index < -0.39 is 5.97 Å². The molecule has 0 spiro atoms. The van der Waals surface area contributed by atoms with E-state index in [2.05, 4.69) is 39.6 Å². The zero-order valence-corrected chi connectivity index (χ0v) is 22.4. The van der Waals surface area contributed by atoms with Crippen molar-refractivity contribution in [2.45, 2.75) is 64.3 Å². The summed E-state index contributed by atoms with van der Waals surface area (Å²) in [5.74, 6) is 0.149. The largest absolute Gasteiger partial charge is 0.478 e. The first-order chi connectivity index (χ1) is 18.4. The summed E-state index contributed by atoms with van der Waals surface area (Å²) in [7, 11) is 0. The molecular formula is C30H43N5O3. The van der Waals surface area contributed by atoms with Gasteiger partial charge in [0.05, 0.1) is 12.6 Å². The van der Waals surface area contributed by atoms with Crippen LogP contribution in [0.3, 0.4) is 0 Å². The zero-order chi connectivity index (χ0) is 27.6. The molecule has 0 bridgehead atoms. The fraction of sp³-hybridized carbons (Fsp3) is 0.433. The van der Waals surface area contributed by atoms with Gasteiger partial charge in [-0.2, -0.15) is 0 Å². The number of guanidine groups is 1. The van der Waals surface area contributed by atoms with E-state index in [1.807, 2.05) is 43.5 Å². The highest BCUT2D eigenvalue weighted by Gasteiger charge is 2.18. The third-order valence-corrected chi connectivity index (χ3v) is 6.53. The Kier molecular flexibility index (Phi) is 14.1. The molecule has 38 heavy (non-hydrogen) atoms. The molecule has 2 rings (SSSR count). The minimum Gasteiger partial charge on any atom is -0.478 e. The summed E-state index contributed by atoms with van der Waals surface area (Å²) < 4.78 is 0. The van der Waals surface area contributed by atoms with Gasteiger partial charge in [-0.1, -0.05) is 75.1 Å². The Hall–Kier alpha value is -3.81. The Bertz CT molecular complexity index is 1030. The number of carbonyl (C=O) groups excluding carboxylic acids is 1. The minimum absolute atomic E-state index is 0.0777. The summed E-state index contributed by atoms with van der Waals surface area (Å²) in [6, 6.07) is 13.8. The van der Waals surface area contributed by atoms with Crippen molar-refractivity contribution in [2.24, 2.45) is 28.3 Å². The van der Waals surface area contributed by atoms with Crippen molar-refractivity contribution in [2.75, 3.05) is 11.9 Å². The van der Waals surface area contributed by atoms with Crippen molar-refractivity contribution in [3.8, 4) is 0 Å². The van der Waals surface area contributed by atoms with Gasteiger partial charge < -0.3 is 31.7 Å². The average molecular weight is 522 g/mol. The summed E-state index contributed by atoms with van der Waals surface area (Å²) in [6.45, 7) is 2.08. The third-order valence-electron chi connectivity index (χ3n) is 6.53. The summed E-state index contributed by atoms with van der Waals surface area (Å²) >= 11 is 0. The number of nitrogens with zero attached hydrogens (tertiary/aromatic N) is 1. The molecule has 0 aliphatic heterocycles. The molecule has 1 heterocycles. The monoisotopic (exact) mass is 521 g/mol. The number of unbranched alkanes of at least 4 members (excludes halogenated alkanes) is 3. The molecular weight excluding hydrogens is 478 g/mol. The number of carboxylic acids is 1. The van der Waals surface area contributed by atoms with E-state index in [1.54, 1.807) is 0 Å². The Morgan fingerprint density at radius 3 is 2.39 bits per heavy atom. The van der Waals surface area contributed by atoms with Crippen molar-refractivity contribution < 1.29 is 14.7 Å². The number of H-pyrrole nitrogens is 1. The maximum absolute atomic E-state index is 11.6. The molecule has 1 aromatic carbocycles.